The molecule has 0 amide bonds. The van der Waals surface area contributed by atoms with Gasteiger partial charge in [-0.25, -0.2) is 4.98 Å². The van der Waals surface area contributed by atoms with Gasteiger partial charge in [0, 0.05) is 6.54 Å². The van der Waals surface area contributed by atoms with Crippen LogP contribution in [0.3, 0.4) is 0 Å². The van der Waals surface area contributed by atoms with Crippen molar-refractivity contribution in [2.24, 2.45) is 0 Å². The zero-order valence-electron chi connectivity index (χ0n) is 10.0. The summed E-state index contributed by atoms with van der Waals surface area (Å²) in [7, 11) is 0. The molecule has 2 aromatic rings. The first-order chi connectivity index (χ1) is 8.68. The van der Waals surface area contributed by atoms with Gasteiger partial charge in [-0.1, -0.05) is 24.3 Å². The topological polar surface area (TPSA) is 57.8 Å². The van der Waals surface area contributed by atoms with Gasteiger partial charge in [0.25, 0.3) is 5.56 Å². The van der Waals surface area contributed by atoms with Gasteiger partial charge in [0.05, 0.1) is 6.33 Å². The first-order valence-electron chi connectivity index (χ1n) is 5.70. The number of hydrogen-bond donors (Lipinski definition) is 2. The zero-order valence-corrected chi connectivity index (χ0v) is 11.6. The molecule has 1 aromatic heterocycles. The van der Waals surface area contributed by atoms with Gasteiger partial charge >= 0.3 is 0 Å². The Morgan fingerprint density at radius 2 is 2.17 bits per heavy atom. The molecule has 2 rings (SSSR count). The van der Waals surface area contributed by atoms with Crippen LogP contribution in [-0.4, -0.2) is 16.5 Å². The lowest BCUT2D eigenvalue weighted by Crippen LogP contribution is -2.14. The van der Waals surface area contributed by atoms with Crippen LogP contribution in [0.15, 0.2) is 39.9 Å². The number of benzene rings is 1. The summed E-state index contributed by atoms with van der Waals surface area (Å²) in [6.45, 7) is 2.83. The Morgan fingerprint density at radius 3 is 2.94 bits per heavy atom. The number of aromatic nitrogens is 2. The van der Waals surface area contributed by atoms with Crippen LogP contribution in [0.2, 0.25) is 0 Å². The summed E-state index contributed by atoms with van der Waals surface area (Å²) in [4.78, 5) is 17.9. The van der Waals surface area contributed by atoms with Gasteiger partial charge in [0.1, 0.15) is 10.3 Å². The highest BCUT2D eigenvalue weighted by molar-refractivity contribution is 9.10. The van der Waals surface area contributed by atoms with Crippen LogP contribution in [0.5, 0.6) is 0 Å². The second kappa shape index (κ2) is 5.82. The molecule has 5 heteroatoms. The minimum Gasteiger partial charge on any atom is -0.369 e. The van der Waals surface area contributed by atoms with Crippen molar-refractivity contribution in [2.75, 3.05) is 11.9 Å². The molecular formula is C13H14BrN3O. The molecule has 0 atom stereocenters. The highest BCUT2D eigenvalue weighted by atomic mass is 79.9. The van der Waals surface area contributed by atoms with Crippen molar-refractivity contribution in [1.82, 2.24) is 9.97 Å². The van der Waals surface area contributed by atoms with Gasteiger partial charge in [-0.05, 0) is 40.4 Å². The van der Waals surface area contributed by atoms with E-state index in [1.165, 1.54) is 17.5 Å². The summed E-state index contributed by atoms with van der Waals surface area (Å²) < 4.78 is 0.440. The number of nitrogens with one attached hydrogen (secondary N) is 2. The molecule has 4 nitrogen and oxygen atoms in total. The maximum absolute atomic E-state index is 11.3. The van der Waals surface area contributed by atoms with Crippen LogP contribution in [0, 0.1) is 6.92 Å². The lowest BCUT2D eigenvalue weighted by atomic mass is 10.1. The van der Waals surface area contributed by atoms with Crippen molar-refractivity contribution in [3.8, 4) is 0 Å². The molecular weight excluding hydrogens is 294 g/mol. The van der Waals surface area contributed by atoms with Gasteiger partial charge in [-0.15, -0.1) is 0 Å². The van der Waals surface area contributed by atoms with Crippen molar-refractivity contribution in [1.29, 1.82) is 0 Å². The summed E-state index contributed by atoms with van der Waals surface area (Å²) in [5, 5.41) is 3.15. The average Bonchev–Trinajstić information content (AvgIpc) is 2.37. The maximum atomic E-state index is 11.3. The van der Waals surface area contributed by atoms with E-state index < -0.39 is 0 Å². The third-order valence-corrected chi connectivity index (χ3v) is 3.48. The predicted molar refractivity (Wildman–Crippen MR) is 75.9 cm³/mol. The fraction of sp³-hybridized carbons (Fsp3) is 0.231. The average molecular weight is 308 g/mol. The van der Waals surface area contributed by atoms with Crippen LogP contribution < -0.4 is 10.9 Å². The van der Waals surface area contributed by atoms with Crippen molar-refractivity contribution in [3.63, 3.8) is 0 Å². The largest absolute Gasteiger partial charge is 0.369 e. The second-order valence-electron chi connectivity index (χ2n) is 4.00. The fourth-order valence-electron chi connectivity index (χ4n) is 1.71. The van der Waals surface area contributed by atoms with Crippen LogP contribution >= 0.6 is 15.9 Å². The van der Waals surface area contributed by atoms with E-state index in [1.54, 1.807) is 0 Å². The Morgan fingerprint density at radius 1 is 1.39 bits per heavy atom. The third kappa shape index (κ3) is 2.98. The zero-order chi connectivity index (χ0) is 13.0. The summed E-state index contributed by atoms with van der Waals surface area (Å²) in [6.07, 6.45) is 2.29. The van der Waals surface area contributed by atoms with E-state index in [1.807, 2.05) is 12.1 Å². The fourth-order valence-corrected chi connectivity index (χ4v) is 2.07. The van der Waals surface area contributed by atoms with Gasteiger partial charge in [-0.2, -0.15) is 0 Å². The first kappa shape index (κ1) is 12.8. The van der Waals surface area contributed by atoms with Crippen LogP contribution in [0.1, 0.15) is 11.1 Å². The summed E-state index contributed by atoms with van der Waals surface area (Å²) in [6, 6.07) is 8.26. The second-order valence-corrected chi connectivity index (χ2v) is 4.79. The quantitative estimate of drug-likeness (QED) is 0.912. The monoisotopic (exact) mass is 307 g/mol. The molecule has 94 valence electrons. The Balaban J connectivity index is 1.99. The maximum Gasteiger partial charge on any atom is 0.267 e. The first-order valence-corrected chi connectivity index (χ1v) is 6.49. The molecule has 0 aliphatic heterocycles. The normalized spacial score (nSPS) is 10.3. The molecule has 18 heavy (non-hydrogen) atoms. The summed E-state index contributed by atoms with van der Waals surface area (Å²) >= 11 is 3.21. The molecule has 0 spiro atoms. The van der Waals surface area contributed by atoms with E-state index in [-0.39, 0.29) is 5.56 Å². The third-order valence-electron chi connectivity index (χ3n) is 2.74. The van der Waals surface area contributed by atoms with Crippen molar-refractivity contribution >= 4 is 21.7 Å². The molecule has 1 aromatic carbocycles. The van der Waals surface area contributed by atoms with E-state index in [9.17, 15) is 4.79 Å². The number of hydrogen-bond acceptors (Lipinski definition) is 3. The highest BCUT2D eigenvalue weighted by Gasteiger charge is 2.04. The van der Waals surface area contributed by atoms with Crippen LogP contribution in [0.25, 0.3) is 0 Å². The molecule has 0 aliphatic rings. The molecule has 0 radical (unpaired) electrons. The summed E-state index contributed by atoms with van der Waals surface area (Å²) in [5.74, 6) is 0.576. The number of rotatable bonds is 4. The standard InChI is InChI=1S/C13H14BrN3O/c1-9-4-2-3-5-10(9)6-7-15-12-11(14)13(18)17-8-16-12/h2-5,8H,6-7H2,1H3,(H2,15,16,17,18). The van der Waals surface area contributed by atoms with Gasteiger partial charge in [-0.3, -0.25) is 4.79 Å². The van der Waals surface area contributed by atoms with E-state index >= 15 is 0 Å². The van der Waals surface area contributed by atoms with E-state index in [0.717, 1.165) is 13.0 Å². The number of anilines is 1. The van der Waals surface area contributed by atoms with Crippen molar-refractivity contribution in [2.45, 2.75) is 13.3 Å². The van der Waals surface area contributed by atoms with E-state index in [2.05, 4.69) is 50.3 Å². The molecule has 0 saturated heterocycles. The van der Waals surface area contributed by atoms with Gasteiger partial charge in [0.2, 0.25) is 0 Å². The molecule has 0 unspecified atom stereocenters. The van der Waals surface area contributed by atoms with Gasteiger partial charge in [0.15, 0.2) is 0 Å². The Labute approximate surface area is 114 Å². The molecule has 0 aliphatic carbocycles. The molecule has 0 saturated carbocycles. The van der Waals surface area contributed by atoms with E-state index in [0.29, 0.717) is 10.3 Å². The number of halogens is 1. The Hall–Kier alpha value is -1.62. The molecule has 0 fully saturated rings. The SMILES string of the molecule is Cc1ccccc1CCNc1nc[nH]c(=O)c1Br. The minimum atomic E-state index is -0.177. The molecule has 2 N–H and O–H groups in total. The minimum absolute atomic E-state index is 0.177. The number of aromatic amines is 1. The molecule has 0 bridgehead atoms. The van der Waals surface area contributed by atoms with E-state index in [4.69, 9.17) is 0 Å². The number of aryl methyl sites for hydroxylation is 1. The Bertz CT molecular complexity index is 595. The number of nitrogens with zero attached hydrogens (tertiary/aromatic N) is 1. The summed E-state index contributed by atoms with van der Waals surface area (Å²) in [5.41, 5.74) is 2.39. The van der Waals surface area contributed by atoms with Gasteiger partial charge < -0.3 is 10.3 Å². The Kier molecular flexibility index (Phi) is 4.15. The lowest BCUT2D eigenvalue weighted by Gasteiger charge is -2.08. The lowest BCUT2D eigenvalue weighted by molar-refractivity contribution is 0.979. The number of H-pyrrole nitrogens is 1. The predicted octanol–water partition coefficient (Wildman–Crippen LogP) is 2.50. The van der Waals surface area contributed by atoms with Crippen LogP contribution in [-0.2, 0) is 6.42 Å². The smallest absolute Gasteiger partial charge is 0.267 e. The van der Waals surface area contributed by atoms with Crippen LogP contribution in [0.4, 0.5) is 5.82 Å². The molecule has 1 heterocycles. The highest BCUT2D eigenvalue weighted by Crippen LogP contribution is 2.13. The van der Waals surface area contributed by atoms with Crippen molar-refractivity contribution < 1.29 is 0 Å². The van der Waals surface area contributed by atoms with Crippen molar-refractivity contribution in [3.05, 3.63) is 56.5 Å².